The van der Waals surface area contributed by atoms with Crippen LogP contribution < -0.4 is 4.90 Å². The molecule has 0 aliphatic carbocycles. The first-order chi connectivity index (χ1) is 13.4. The molecule has 9 nitrogen and oxygen atoms in total. The number of hydrogen-bond acceptors (Lipinski definition) is 9. The molecule has 0 spiro atoms. The number of carbonyl (C=O) groups excluding carboxylic acids is 2. The number of Topliss-reactive ketones (excluding diaryl/α,β-unsaturated/α-hetero) is 1. The summed E-state index contributed by atoms with van der Waals surface area (Å²) in [5.41, 5.74) is 1.47. The van der Waals surface area contributed by atoms with Gasteiger partial charge >= 0.3 is 0 Å². The highest BCUT2D eigenvalue weighted by atomic mass is 32.1. The van der Waals surface area contributed by atoms with E-state index in [1.165, 1.54) is 29.8 Å². The summed E-state index contributed by atoms with van der Waals surface area (Å²) >= 11 is 1.04. The second-order valence-corrected chi connectivity index (χ2v) is 6.86. The van der Waals surface area contributed by atoms with Gasteiger partial charge in [-0.15, -0.1) is 10.2 Å². The highest BCUT2D eigenvalue weighted by Crippen LogP contribution is 2.43. The van der Waals surface area contributed by atoms with Crippen molar-refractivity contribution in [3.63, 3.8) is 0 Å². The largest absolute Gasteiger partial charge is 0.504 e. The fourth-order valence-corrected chi connectivity index (χ4v) is 3.61. The van der Waals surface area contributed by atoms with E-state index in [4.69, 9.17) is 4.42 Å². The summed E-state index contributed by atoms with van der Waals surface area (Å²) in [5.74, 6) is -2.60. The molecule has 0 saturated heterocycles. The minimum Gasteiger partial charge on any atom is -0.504 e. The summed E-state index contributed by atoms with van der Waals surface area (Å²) in [6.07, 6.45) is 0. The zero-order valence-corrected chi connectivity index (χ0v) is 15.2. The number of aryl methyl sites for hydroxylation is 1. The molecular formula is C18H13N3O6S. The lowest BCUT2D eigenvalue weighted by atomic mass is 9.95. The van der Waals surface area contributed by atoms with Gasteiger partial charge in [0.05, 0.1) is 11.6 Å². The lowest BCUT2D eigenvalue weighted by Gasteiger charge is -2.24. The number of nitrogens with zero attached hydrogens (tertiary/aromatic N) is 3. The molecule has 28 heavy (non-hydrogen) atoms. The molecule has 1 amide bonds. The minimum atomic E-state index is -1.09. The van der Waals surface area contributed by atoms with Crippen LogP contribution in [0.1, 0.15) is 27.9 Å². The lowest BCUT2D eigenvalue weighted by molar-refractivity contribution is -0.117. The van der Waals surface area contributed by atoms with Crippen molar-refractivity contribution in [2.24, 2.45) is 0 Å². The molecule has 1 aromatic carbocycles. The summed E-state index contributed by atoms with van der Waals surface area (Å²) in [6, 6.07) is 5.81. The number of rotatable bonds is 4. The Bertz CT molecular complexity index is 1120. The molecule has 1 atom stereocenters. The minimum absolute atomic E-state index is 0.0426. The molecule has 3 N–H and O–H groups in total. The van der Waals surface area contributed by atoms with Crippen LogP contribution in [-0.2, 0) is 4.79 Å². The van der Waals surface area contributed by atoms with Gasteiger partial charge < -0.3 is 19.7 Å². The number of aromatic hydroxyl groups is 2. The average molecular weight is 399 g/mol. The second kappa shape index (κ2) is 6.50. The molecule has 3 heterocycles. The van der Waals surface area contributed by atoms with Gasteiger partial charge in [0.2, 0.25) is 10.9 Å². The Hall–Kier alpha value is -3.66. The number of aliphatic hydroxyl groups excluding tert-OH is 1. The van der Waals surface area contributed by atoms with Crippen LogP contribution in [0.2, 0.25) is 0 Å². The first-order valence-electron chi connectivity index (χ1n) is 8.04. The average Bonchev–Trinajstić information content (AvgIpc) is 3.38. The van der Waals surface area contributed by atoms with Crippen LogP contribution in [0.3, 0.4) is 0 Å². The Kier molecular flexibility index (Phi) is 4.12. The Morgan fingerprint density at radius 1 is 1.18 bits per heavy atom. The fraction of sp³-hybridized carbons (Fsp3) is 0.111. The maximum absolute atomic E-state index is 13.0. The predicted molar refractivity (Wildman–Crippen MR) is 97.3 cm³/mol. The number of amides is 1. The van der Waals surface area contributed by atoms with Crippen molar-refractivity contribution in [2.45, 2.75) is 13.0 Å². The summed E-state index contributed by atoms with van der Waals surface area (Å²) in [4.78, 5) is 26.9. The maximum Gasteiger partial charge on any atom is 0.296 e. The standard InChI is InChI=1S/C18H13N3O6S/c1-8-2-5-12(27-8)15(24)13-14(9-3-4-10(22)11(23)6-9)21(17(26)16(13)25)18-20-19-7-28-18/h2-7,14,22-23,25H,1H3. The van der Waals surface area contributed by atoms with Gasteiger partial charge in [-0.3, -0.25) is 14.5 Å². The first kappa shape index (κ1) is 17.7. The molecule has 3 aromatic rings. The van der Waals surface area contributed by atoms with Gasteiger partial charge in [-0.05, 0) is 36.8 Å². The second-order valence-electron chi connectivity index (χ2n) is 6.05. The number of carbonyl (C=O) groups is 2. The van der Waals surface area contributed by atoms with Crippen LogP contribution in [0.25, 0.3) is 0 Å². The third kappa shape index (κ3) is 2.70. The summed E-state index contributed by atoms with van der Waals surface area (Å²) in [5, 5.41) is 37.7. The van der Waals surface area contributed by atoms with Crippen LogP contribution in [0.15, 0.2) is 51.6 Å². The SMILES string of the molecule is Cc1ccc(C(=O)C2=C(O)C(=O)N(c3nncs3)C2c2ccc(O)c(O)c2)o1. The molecule has 1 unspecified atom stereocenters. The van der Waals surface area contributed by atoms with Crippen molar-refractivity contribution >= 4 is 28.2 Å². The highest BCUT2D eigenvalue weighted by Gasteiger charge is 2.46. The molecule has 142 valence electrons. The number of hydrogen-bond donors (Lipinski definition) is 3. The third-order valence-corrected chi connectivity index (χ3v) is 4.98. The number of ketones is 1. The van der Waals surface area contributed by atoms with E-state index in [2.05, 4.69) is 10.2 Å². The molecule has 4 rings (SSSR count). The Balaban J connectivity index is 1.89. The number of furan rings is 1. The van der Waals surface area contributed by atoms with Crippen molar-refractivity contribution in [3.8, 4) is 11.5 Å². The molecule has 0 saturated carbocycles. The quantitative estimate of drug-likeness (QED) is 0.450. The van der Waals surface area contributed by atoms with E-state index in [0.29, 0.717) is 5.76 Å². The molecule has 2 aromatic heterocycles. The molecule has 1 aliphatic rings. The zero-order valence-electron chi connectivity index (χ0n) is 14.4. The van der Waals surface area contributed by atoms with Crippen LogP contribution in [-0.4, -0.2) is 37.2 Å². The van der Waals surface area contributed by atoms with E-state index in [1.807, 2.05) is 0 Å². The topological polar surface area (TPSA) is 137 Å². The van der Waals surface area contributed by atoms with E-state index in [-0.39, 0.29) is 27.8 Å². The Morgan fingerprint density at radius 3 is 2.57 bits per heavy atom. The molecule has 10 heteroatoms. The van der Waals surface area contributed by atoms with Gasteiger partial charge in [-0.25, -0.2) is 0 Å². The van der Waals surface area contributed by atoms with Crippen molar-refractivity contribution < 1.29 is 29.3 Å². The number of anilines is 1. The van der Waals surface area contributed by atoms with Crippen LogP contribution >= 0.6 is 11.3 Å². The van der Waals surface area contributed by atoms with E-state index in [9.17, 15) is 24.9 Å². The monoisotopic (exact) mass is 399 g/mol. The van der Waals surface area contributed by atoms with E-state index < -0.39 is 29.2 Å². The van der Waals surface area contributed by atoms with Gasteiger partial charge in [0.1, 0.15) is 11.3 Å². The number of benzene rings is 1. The molecule has 1 aliphatic heterocycles. The Morgan fingerprint density at radius 2 is 1.96 bits per heavy atom. The fourth-order valence-electron chi connectivity index (χ4n) is 3.02. The van der Waals surface area contributed by atoms with Crippen LogP contribution in [0, 0.1) is 6.92 Å². The zero-order chi connectivity index (χ0) is 20.0. The number of phenolic OH excluding ortho intramolecular Hbond substituents is 2. The summed E-state index contributed by atoms with van der Waals surface area (Å²) in [7, 11) is 0. The van der Waals surface area contributed by atoms with E-state index >= 15 is 0 Å². The van der Waals surface area contributed by atoms with Gasteiger partial charge in [0.15, 0.2) is 23.0 Å². The predicted octanol–water partition coefficient (Wildman–Crippen LogP) is 2.63. The Labute approximate surface area is 161 Å². The smallest absolute Gasteiger partial charge is 0.296 e. The highest BCUT2D eigenvalue weighted by molar-refractivity contribution is 7.13. The summed E-state index contributed by atoms with van der Waals surface area (Å²) in [6.45, 7) is 1.66. The van der Waals surface area contributed by atoms with Crippen molar-refractivity contribution in [3.05, 3.63) is 64.3 Å². The van der Waals surface area contributed by atoms with Crippen LogP contribution in [0.4, 0.5) is 5.13 Å². The lowest BCUT2D eigenvalue weighted by Crippen LogP contribution is -2.31. The summed E-state index contributed by atoms with van der Waals surface area (Å²) < 4.78 is 5.35. The number of phenols is 2. The number of aliphatic hydroxyl groups is 1. The van der Waals surface area contributed by atoms with E-state index in [0.717, 1.165) is 16.2 Å². The van der Waals surface area contributed by atoms with E-state index in [1.54, 1.807) is 13.0 Å². The van der Waals surface area contributed by atoms with Gasteiger partial charge in [-0.1, -0.05) is 17.4 Å². The number of aromatic nitrogens is 2. The van der Waals surface area contributed by atoms with Crippen molar-refractivity contribution in [1.29, 1.82) is 0 Å². The molecule has 0 fully saturated rings. The van der Waals surface area contributed by atoms with Gasteiger partial charge in [-0.2, -0.15) is 0 Å². The first-order valence-corrected chi connectivity index (χ1v) is 8.92. The molecule has 0 radical (unpaired) electrons. The van der Waals surface area contributed by atoms with Crippen LogP contribution in [0.5, 0.6) is 11.5 Å². The third-order valence-electron chi connectivity index (χ3n) is 4.29. The van der Waals surface area contributed by atoms with Gasteiger partial charge in [0.25, 0.3) is 5.91 Å². The maximum atomic E-state index is 13.0. The molecule has 0 bridgehead atoms. The normalized spacial score (nSPS) is 16.8. The van der Waals surface area contributed by atoms with Crippen molar-refractivity contribution in [1.82, 2.24) is 10.2 Å². The van der Waals surface area contributed by atoms with Crippen molar-refractivity contribution in [2.75, 3.05) is 4.90 Å². The van der Waals surface area contributed by atoms with Gasteiger partial charge in [0, 0.05) is 0 Å². The molecular weight excluding hydrogens is 386 g/mol.